The van der Waals surface area contributed by atoms with Crippen molar-refractivity contribution in [2.24, 2.45) is 0 Å². The molecule has 6 heteroatoms. The van der Waals surface area contributed by atoms with E-state index in [1.807, 2.05) is 6.92 Å². The summed E-state index contributed by atoms with van der Waals surface area (Å²) in [6.45, 7) is 1.85. The van der Waals surface area contributed by atoms with Crippen molar-refractivity contribution in [3.8, 4) is 0 Å². The van der Waals surface area contributed by atoms with E-state index in [4.69, 9.17) is 0 Å². The number of nitrogens with one attached hydrogen (secondary N) is 1. The molecule has 0 bridgehead atoms. The van der Waals surface area contributed by atoms with Crippen LogP contribution < -0.4 is 5.32 Å². The predicted octanol–water partition coefficient (Wildman–Crippen LogP) is 2.72. The predicted molar refractivity (Wildman–Crippen MR) is 69.4 cm³/mol. The van der Waals surface area contributed by atoms with Gasteiger partial charge in [-0.15, -0.1) is 0 Å². The van der Waals surface area contributed by atoms with Crippen LogP contribution in [0.2, 0.25) is 0 Å². The van der Waals surface area contributed by atoms with Gasteiger partial charge in [-0.25, -0.2) is 9.18 Å². The molecule has 1 atom stereocenters. The SMILES string of the molecule is CCC(Br)C(=O)Nc1ccc(F)c(C(=O)OC)c1. The number of esters is 1. The number of carbonyl (C=O) groups is 2. The maximum Gasteiger partial charge on any atom is 0.340 e. The van der Waals surface area contributed by atoms with E-state index < -0.39 is 11.8 Å². The summed E-state index contributed by atoms with van der Waals surface area (Å²) in [5.74, 6) is -1.72. The van der Waals surface area contributed by atoms with Crippen molar-refractivity contribution < 1.29 is 18.7 Å². The van der Waals surface area contributed by atoms with Gasteiger partial charge in [0, 0.05) is 5.69 Å². The number of halogens is 2. The van der Waals surface area contributed by atoms with Crippen molar-refractivity contribution in [1.29, 1.82) is 0 Å². The van der Waals surface area contributed by atoms with E-state index in [0.717, 1.165) is 6.07 Å². The minimum atomic E-state index is -0.783. The lowest BCUT2D eigenvalue weighted by Crippen LogP contribution is -2.22. The van der Waals surface area contributed by atoms with E-state index in [-0.39, 0.29) is 16.3 Å². The molecule has 1 unspecified atom stereocenters. The molecule has 0 saturated heterocycles. The number of alkyl halides is 1. The van der Waals surface area contributed by atoms with Crippen molar-refractivity contribution in [1.82, 2.24) is 0 Å². The van der Waals surface area contributed by atoms with Crippen LogP contribution in [0.15, 0.2) is 18.2 Å². The molecule has 1 aromatic carbocycles. The Hall–Kier alpha value is -1.43. The number of ether oxygens (including phenoxy) is 1. The molecular weight excluding hydrogens is 305 g/mol. The average Bonchev–Trinajstić information content (AvgIpc) is 2.38. The Morgan fingerprint density at radius 3 is 2.72 bits per heavy atom. The fraction of sp³-hybridized carbons (Fsp3) is 0.333. The number of carbonyl (C=O) groups excluding carboxylic acids is 2. The normalized spacial score (nSPS) is 11.8. The molecule has 4 nitrogen and oxygen atoms in total. The Bertz CT molecular complexity index is 465. The molecule has 0 aliphatic rings. The van der Waals surface area contributed by atoms with Crippen LogP contribution in [-0.4, -0.2) is 23.8 Å². The molecule has 0 radical (unpaired) electrons. The standard InChI is InChI=1S/C12H13BrFNO3/c1-3-9(13)11(16)15-7-4-5-10(14)8(6-7)12(17)18-2/h4-6,9H,3H2,1-2H3,(H,15,16). The summed E-state index contributed by atoms with van der Waals surface area (Å²) in [7, 11) is 1.17. The summed E-state index contributed by atoms with van der Waals surface area (Å²) in [6, 6.07) is 3.74. The monoisotopic (exact) mass is 317 g/mol. The second-order valence-corrected chi connectivity index (χ2v) is 4.66. The van der Waals surface area contributed by atoms with Gasteiger partial charge in [0.25, 0.3) is 0 Å². The number of hydrogen-bond acceptors (Lipinski definition) is 3. The molecule has 0 heterocycles. The van der Waals surface area contributed by atoms with E-state index in [0.29, 0.717) is 12.1 Å². The van der Waals surface area contributed by atoms with Gasteiger partial charge in [0.1, 0.15) is 5.82 Å². The molecule has 18 heavy (non-hydrogen) atoms. The van der Waals surface area contributed by atoms with Crippen LogP contribution in [-0.2, 0) is 9.53 Å². The van der Waals surface area contributed by atoms with Gasteiger partial charge in [-0.05, 0) is 24.6 Å². The summed E-state index contributed by atoms with van der Waals surface area (Å²) < 4.78 is 17.8. The summed E-state index contributed by atoms with van der Waals surface area (Å²) in [5, 5.41) is 2.58. The highest BCUT2D eigenvalue weighted by Gasteiger charge is 2.16. The van der Waals surface area contributed by atoms with Crippen LogP contribution in [0.4, 0.5) is 10.1 Å². The van der Waals surface area contributed by atoms with Crippen molar-refractivity contribution in [2.45, 2.75) is 18.2 Å². The van der Waals surface area contributed by atoms with Crippen LogP contribution in [0.5, 0.6) is 0 Å². The third kappa shape index (κ3) is 3.53. The maximum atomic E-state index is 13.3. The van der Waals surface area contributed by atoms with Gasteiger partial charge in [0.2, 0.25) is 5.91 Å². The number of benzene rings is 1. The highest BCUT2D eigenvalue weighted by atomic mass is 79.9. The van der Waals surface area contributed by atoms with Crippen molar-refractivity contribution in [3.05, 3.63) is 29.6 Å². The zero-order chi connectivity index (χ0) is 13.7. The van der Waals surface area contributed by atoms with Gasteiger partial charge in [-0.2, -0.15) is 0 Å². The molecule has 0 aliphatic heterocycles. The van der Waals surface area contributed by atoms with E-state index in [1.165, 1.54) is 19.2 Å². The Morgan fingerprint density at radius 1 is 1.50 bits per heavy atom. The van der Waals surface area contributed by atoms with Crippen LogP contribution in [0, 0.1) is 5.82 Å². The molecular formula is C12H13BrFNO3. The van der Waals surface area contributed by atoms with Gasteiger partial charge in [0.05, 0.1) is 17.5 Å². The smallest absolute Gasteiger partial charge is 0.340 e. The van der Waals surface area contributed by atoms with E-state index in [1.54, 1.807) is 0 Å². The third-order valence-corrected chi connectivity index (χ3v) is 3.35. The van der Waals surface area contributed by atoms with E-state index >= 15 is 0 Å². The molecule has 1 aromatic rings. The highest BCUT2D eigenvalue weighted by molar-refractivity contribution is 9.10. The van der Waals surface area contributed by atoms with Gasteiger partial charge >= 0.3 is 5.97 Å². The summed E-state index contributed by atoms with van der Waals surface area (Å²) in [4.78, 5) is 22.6. The Balaban J connectivity index is 2.92. The number of hydrogen-bond donors (Lipinski definition) is 1. The van der Waals surface area contributed by atoms with Crippen molar-refractivity contribution in [3.63, 3.8) is 0 Å². The first-order chi connectivity index (χ1) is 8.49. The van der Waals surface area contributed by atoms with Gasteiger partial charge < -0.3 is 10.1 Å². The minimum absolute atomic E-state index is 0.210. The van der Waals surface area contributed by atoms with Crippen LogP contribution in [0.3, 0.4) is 0 Å². The topological polar surface area (TPSA) is 55.4 Å². The molecule has 1 rings (SSSR count). The van der Waals surface area contributed by atoms with Gasteiger partial charge in [-0.3, -0.25) is 4.79 Å². The molecule has 0 aliphatic carbocycles. The quantitative estimate of drug-likeness (QED) is 0.686. The number of rotatable bonds is 4. The lowest BCUT2D eigenvalue weighted by atomic mass is 10.2. The zero-order valence-electron chi connectivity index (χ0n) is 10.00. The fourth-order valence-corrected chi connectivity index (χ4v) is 1.39. The fourth-order valence-electron chi connectivity index (χ4n) is 1.28. The Morgan fingerprint density at radius 2 is 2.17 bits per heavy atom. The van der Waals surface area contributed by atoms with Gasteiger partial charge in [-0.1, -0.05) is 22.9 Å². The average molecular weight is 318 g/mol. The number of anilines is 1. The zero-order valence-corrected chi connectivity index (χ0v) is 11.6. The molecule has 1 N–H and O–H groups in total. The number of methoxy groups -OCH3 is 1. The molecule has 1 amide bonds. The lowest BCUT2D eigenvalue weighted by Gasteiger charge is -2.10. The van der Waals surface area contributed by atoms with Crippen LogP contribution in [0.25, 0.3) is 0 Å². The molecule has 0 fully saturated rings. The van der Waals surface area contributed by atoms with E-state index in [2.05, 4.69) is 26.0 Å². The highest BCUT2D eigenvalue weighted by Crippen LogP contribution is 2.17. The molecule has 0 aromatic heterocycles. The Kier molecular flexibility index (Phi) is 5.27. The van der Waals surface area contributed by atoms with Gasteiger partial charge in [0.15, 0.2) is 0 Å². The Labute approximate surface area is 113 Å². The first kappa shape index (κ1) is 14.6. The molecule has 0 spiro atoms. The van der Waals surface area contributed by atoms with Crippen molar-refractivity contribution >= 4 is 33.5 Å². The summed E-state index contributed by atoms with van der Waals surface area (Å²) in [6.07, 6.45) is 0.622. The van der Waals surface area contributed by atoms with Crippen LogP contribution >= 0.6 is 15.9 Å². The maximum absolute atomic E-state index is 13.3. The first-order valence-corrected chi connectivity index (χ1v) is 6.24. The minimum Gasteiger partial charge on any atom is -0.465 e. The lowest BCUT2D eigenvalue weighted by molar-refractivity contribution is -0.115. The van der Waals surface area contributed by atoms with E-state index in [9.17, 15) is 14.0 Å². The first-order valence-electron chi connectivity index (χ1n) is 5.32. The molecule has 0 saturated carbocycles. The summed E-state index contributed by atoms with van der Waals surface area (Å²) in [5.41, 5.74) is 0.137. The second-order valence-electron chi connectivity index (χ2n) is 3.55. The third-order valence-electron chi connectivity index (χ3n) is 2.28. The van der Waals surface area contributed by atoms with Crippen LogP contribution in [0.1, 0.15) is 23.7 Å². The largest absolute Gasteiger partial charge is 0.465 e. The molecule has 98 valence electrons. The summed E-state index contributed by atoms with van der Waals surface area (Å²) >= 11 is 3.20. The second kappa shape index (κ2) is 6.49. The number of amides is 1. The van der Waals surface area contributed by atoms with Crippen molar-refractivity contribution in [2.75, 3.05) is 12.4 Å².